The molecule has 0 spiro atoms. The molecular formula is C15H20O6. The molecule has 0 aliphatic heterocycles. The van der Waals surface area contributed by atoms with Crippen LogP contribution in [-0.2, 0) is 28.6 Å². The Labute approximate surface area is 124 Å². The molecule has 0 atom stereocenters. The molecular weight excluding hydrogens is 276 g/mol. The fourth-order valence-corrected chi connectivity index (χ4v) is 1.09. The number of esters is 3. The van der Waals surface area contributed by atoms with Crippen LogP contribution in [0.3, 0.4) is 0 Å². The quantitative estimate of drug-likeness (QED) is 0.279. The topological polar surface area (TPSA) is 78.9 Å². The molecule has 0 rings (SSSR count). The van der Waals surface area contributed by atoms with Gasteiger partial charge >= 0.3 is 17.9 Å². The van der Waals surface area contributed by atoms with Crippen LogP contribution in [0, 0.1) is 0 Å². The van der Waals surface area contributed by atoms with Crippen LogP contribution < -0.4 is 0 Å². The predicted molar refractivity (Wildman–Crippen MR) is 76.3 cm³/mol. The van der Waals surface area contributed by atoms with Gasteiger partial charge in [0.2, 0.25) is 0 Å². The molecule has 6 nitrogen and oxygen atoms in total. The second kappa shape index (κ2) is 12.7. The van der Waals surface area contributed by atoms with Gasteiger partial charge in [0.15, 0.2) is 0 Å². The van der Waals surface area contributed by atoms with Crippen LogP contribution in [0.15, 0.2) is 36.5 Å². The van der Waals surface area contributed by atoms with E-state index in [2.05, 4.69) is 4.74 Å². The van der Waals surface area contributed by atoms with E-state index in [1.54, 1.807) is 12.2 Å². The summed E-state index contributed by atoms with van der Waals surface area (Å²) in [5.41, 5.74) is 0. The molecule has 0 radical (unpaired) electrons. The molecule has 116 valence electrons. The minimum absolute atomic E-state index is 0.0446. The normalized spacial score (nSPS) is 11.1. The van der Waals surface area contributed by atoms with E-state index in [9.17, 15) is 14.4 Å². The van der Waals surface area contributed by atoms with Crippen molar-refractivity contribution in [2.24, 2.45) is 0 Å². The second-order valence-corrected chi connectivity index (χ2v) is 3.75. The Kier molecular flexibility index (Phi) is 11.2. The van der Waals surface area contributed by atoms with Crippen LogP contribution in [0.25, 0.3) is 0 Å². The number of carbonyl (C=O) groups is 3. The van der Waals surface area contributed by atoms with E-state index in [1.165, 1.54) is 13.2 Å². The van der Waals surface area contributed by atoms with Crippen LogP contribution in [0.5, 0.6) is 0 Å². The van der Waals surface area contributed by atoms with Crippen molar-refractivity contribution in [1.29, 1.82) is 0 Å². The third-order valence-corrected chi connectivity index (χ3v) is 2.11. The van der Waals surface area contributed by atoms with Crippen molar-refractivity contribution in [2.45, 2.75) is 19.8 Å². The number of carbonyl (C=O) groups excluding carboxylic acids is 3. The first-order valence-electron chi connectivity index (χ1n) is 6.43. The van der Waals surface area contributed by atoms with Gasteiger partial charge in [0, 0.05) is 6.08 Å². The Morgan fingerprint density at radius 2 is 1.48 bits per heavy atom. The number of allylic oxidation sites excluding steroid dienone is 3. The average Bonchev–Trinajstić information content (AvgIpc) is 2.49. The Hall–Kier alpha value is -2.37. The Morgan fingerprint density at radius 3 is 2.00 bits per heavy atom. The van der Waals surface area contributed by atoms with E-state index in [4.69, 9.17) is 9.47 Å². The largest absolute Gasteiger partial charge is 0.466 e. The van der Waals surface area contributed by atoms with Crippen molar-refractivity contribution < 1.29 is 28.6 Å². The molecule has 0 saturated heterocycles. The first-order valence-corrected chi connectivity index (χ1v) is 6.43. The lowest BCUT2D eigenvalue weighted by molar-refractivity contribution is -0.149. The molecule has 0 N–H and O–H groups in total. The predicted octanol–water partition coefficient (Wildman–Crippen LogP) is 1.71. The molecule has 0 fully saturated rings. The molecule has 0 bridgehead atoms. The molecule has 21 heavy (non-hydrogen) atoms. The molecule has 0 aliphatic rings. The van der Waals surface area contributed by atoms with Gasteiger partial charge in [0.25, 0.3) is 0 Å². The molecule has 0 heterocycles. The Morgan fingerprint density at radius 1 is 0.905 bits per heavy atom. The third kappa shape index (κ3) is 12.4. The first-order chi connectivity index (χ1) is 10.1. The molecule has 0 aromatic carbocycles. The van der Waals surface area contributed by atoms with Crippen LogP contribution in [0.2, 0.25) is 0 Å². The molecule has 0 aliphatic carbocycles. The van der Waals surface area contributed by atoms with Gasteiger partial charge in [-0.15, -0.1) is 0 Å². The zero-order valence-electron chi connectivity index (χ0n) is 12.2. The maximum Gasteiger partial charge on any atom is 0.330 e. The Bertz CT molecular complexity index is 420. The standard InChI is InChI=1S/C15H20O6/c1-3-4-5-6-11-20-14(17)9-10-15(18)21-12-7-8-13(16)19-2/h3-8H,9-12H2,1-2H3/b4-3+,6-5+,8-7+. The van der Waals surface area contributed by atoms with E-state index in [1.807, 2.05) is 19.1 Å². The van der Waals surface area contributed by atoms with Gasteiger partial charge in [0.1, 0.15) is 13.2 Å². The second-order valence-electron chi connectivity index (χ2n) is 3.75. The first kappa shape index (κ1) is 18.6. The summed E-state index contributed by atoms with van der Waals surface area (Å²) in [5, 5.41) is 0. The number of hydrogen-bond acceptors (Lipinski definition) is 6. The highest BCUT2D eigenvalue weighted by molar-refractivity contribution is 5.81. The molecule has 6 heteroatoms. The smallest absolute Gasteiger partial charge is 0.330 e. The summed E-state index contributed by atoms with van der Waals surface area (Å²) in [6.07, 6.45) is 9.51. The fourth-order valence-electron chi connectivity index (χ4n) is 1.09. The van der Waals surface area contributed by atoms with E-state index in [-0.39, 0.29) is 26.1 Å². The van der Waals surface area contributed by atoms with Crippen molar-refractivity contribution in [1.82, 2.24) is 0 Å². The van der Waals surface area contributed by atoms with Crippen molar-refractivity contribution in [3.8, 4) is 0 Å². The Balaban J connectivity index is 3.70. The zero-order valence-corrected chi connectivity index (χ0v) is 12.2. The molecule has 0 saturated carbocycles. The van der Waals surface area contributed by atoms with Gasteiger partial charge in [-0.3, -0.25) is 9.59 Å². The highest BCUT2D eigenvalue weighted by Gasteiger charge is 2.08. The fraction of sp³-hybridized carbons (Fsp3) is 0.400. The summed E-state index contributed by atoms with van der Waals surface area (Å²) in [4.78, 5) is 33.3. The van der Waals surface area contributed by atoms with Gasteiger partial charge in [-0.25, -0.2) is 4.79 Å². The lowest BCUT2D eigenvalue weighted by Gasteiger charge is -2.02. The average molecular weight is 296 g/mol. The lowest BCUT2D eigenvalue weighted by Crippen LogP contribution is -2.10. The van der Waals surface area contributed by atoms with Crippen molar-refractivity contribution >= 4 is 17.9 Å². The van der Waals surface area contributed by atoms with Gasteiger partial charge < -0.3 is 14.2 Å². The van der Waals surface area contributed by atoms with Crippen LogP contribution in [0.4, 0.5) is 0 Å². The monoisotopic (exact) mass is 296 g/mol. The van der Waals surface area contributed by atoms with E-state index in [0.29, 0.717) is 0 Å². The summed E-state index contributed by atoms with van der Waals surface area (Å²) in [6, 6.07) is 0. The van der Waals surface area contributed by atoms with Crippen molar-refractivity contribution in [2.75, 3.05) is 20.3 Å². The minimum Gasteiger partial charge on any atom is -0.466 e. The minimum atomic E-state index is -0.536. The van der Waals surface area contributed by atoms with E-state index in [0.717, 1.165) is 6.08 Å². The third-order valence-electron chi connectivity index (χ3n) is 2.11. The number of methoxy groups -OCH3 is 1. The number of ether oxygens (including phenoxy) is 3. The highest BCUT2D eigenvalue weighted by Crippen LogP contribution is 1.96. The zero-order chi connectivity index (χ0) is 15.9. The molecule has 0 aromatic heterocycles. The summed E-state index contributed by atoms with van der Waals surface area (Å²) < 4.78 is 14.0. The van der Waals surface area contributed by atoms with E-state index >= 15 is 0 Å². The highest BCUT2D eigenvalue weighted by atomic mass is 16.5. The van der Waals surface area contributed by atoms with Crippen LogP contribution in [0.1, 0.15) is 19.8 Å². The summed E-state index contributed by atoms with van der Waals surface area (Å²) in [7, 11) is 1.25. The van der Waals surface area contributed by atoms with Gasteiger partial charge in [-0.1, -0.05) is 18.2 Å². The SMILES string of the molecule is C/C=C/C=C/COC(=O)CCC(=O)OC/C=C/C(=O)OC. The van der Waals surface area contributed by atoms with Crippen LogP contribution >= 0.6 is 0 Å². The van der Waals surface area contributed by atoms with Crippen LogP contribution in [-0.4, -0.2) is 38.2 Å². The number of rotatable bonds is 9. The van der Waals surface area contributed by atoms with E-state index < -0.39 is 17.9 Å². The summed E-state index contributed by atoms with van der Waals surface area (Å²) in [5.74, 6) is -1.53. The lowest BCUT2D eigenvalue weighted by atomic mass is 10.3. The van der Waals surface area contributed by atoms with Crippen molar-refractivity contribution in [3.63, 3.8) is 0 Å². The van der Waals surface area contributed by atoms with Crippen molar-refractivity contribution in [3.05, 3.63) is 36.5 Å². The summed E-state index contributed by atoms with van der Waals surface area (Å²) >= 11 is 0. The molecule has 0 amide bonds. The van der Waals surface area contributed by atoms with Gasteiger partial charge in [0.05, 0.1) is 20.0 Å². The van der Waals surface area contributed by atoms with Gasteiger partial charge in [-0.05, 0) is 19.1 Å². The maximum atomic E-state index is 11.3. The van der Waals surface area contributed by atoms with Gasteiger partial charge in [-0.2, -0.15) is 0 Å². The summed E-state index contributed by atoms with van der Waals surface area (Å²) in [6.45, 7) is 2.00. The molecule has 0 aromatic rings. The number of hydrogen-bond donors (Lipinski definition) is 0. The maximum absolute atomic E-state index is 11.3. The molecule has 0 unspecified atom stereocenters.